The van der Waals surface area contributed by atoms with Gasteiger partial charge in [-0.15, -0.1) is 0 Å². The summed E-state index contributed by atoms with van der Waals surface area (Å²) in [5, 5.41) is 11.5. The average molecular weight is 549 g/mol. The van der Waals surface area contributed by atoms with Crippen molar-refractivity contribution < 1.29 is 26.7 Å². The Labute approximate surface area is 218 Å². The van der Waals surface area contributed by atoms with Crippen molar-refractivity contribution in [2.24, 2.45) is 0 Å². The number of hydrogen-bond donors (Lipinski definition) is 2. The number of aryl methyl sites for hydroxylation is 2. The van der Waals surface area contributed by atoms with Gasteiger partial charge in [-0.1, -0.05) is 36.4 Å². The van der Waals surface area contributed by atoms with Crippen molar-refractivity contribution in [1.29, 1.82) is 0 Å². The van der Waals surface area contributed by atoms with Crippen molar-refractivity contribution in [1.82, 2.24) is 4.72 Å². The molecule has 3 unspecified atom stereocenters. The van der Waals surface area contributed by atoms with Gasteiger partial charge in [0.15, 0.2) is 0 Å². The SMILES string of the molecule is O=S(=O)(NC1CCCC(N2c3ccccc3CCc3ccccc32)C1O)c1ccc(SC(F)(F)F)cc1. The van der Waals surface area contributed by atoms with Gasteiger partial charge in [0.1, 0.15) is 0 Å². The van der Waals surface area contributed by atoms with E-state index in [4.69, 9.17) is 0 Å². The van der Waals surface area contributed by atoms with Crippen LogP contribution in [-0.4, -0.2) is 37.2 Å². The topological polar surface area (TPSA) is 69.6 Å². The van der Waals surface area contributed by atoms with Crippen LogP contribution in [0, 0.1) is 0 Å². The van der Waals surface area contributed by atoms with Crippen molar-refractivity contribution in [3.63, 3.8) is 0 Å². The Hall–Kier alpha value is -2.53. The molecular weight excluding hydrogens is 521 g/mol. The van der Waals surface area contributed by atoms with Gasteiger partial charge in [-0.05, 0) is 91.4 Å². The Bertz CT molecular complexity index is 1320. The van der Waals surface area contributed by atoms with Crippen molar-refractivity contribution in [2.75, 3.05) is 4.90 Å². The zero-order chi connectivity index (χ0) is 26.2. The summed E-state index contributed by atoms with van der Waals surface area (Å²) in [5.41, 5.74) is -0.0869. The molecule has 10 heteroatoms. The fourth-order valence-corrected chi connectivity index (χ4v) is 7.15. The van der Waals surface area contributed by atoms with Crippen molar-refractivity contribution in [3.05, 3.63) is 83.9 Å². The van der Waals surface area contributed by atoms with Gasteiger partial charge >= 0.3 is 5.51 Å². The fourth-order valence-electron chi connectivity index (χ4n) is 5.33. The molecule has 0 saturated heterocycles. The first kappa shape index (κ1) is 26.1. The highest BCUT2D eigenvalue weighted by Crippen LogP contribution is 2.41. The summed E-state index contributed by atoms with van der Waals surface area (Å²) >= 11 is -0.298. The number of hydrogen-bond acceptors (Lipinski definition) is 5. The summed E-state index contributed by atoms with van der Waals surface area (Å²) in [6.45, 7) is 0. The summed E-state index contributed by atoms with van der Waals surface area (Å²) in [7, 11) is -4.05. The number of benzene rings is 3. The number of aliphatic hydroxyl groups excluding tert-OH is 1. The number of para-hydroxylation sites is 2. The van der Waals surface area contributed by atoms with E-state index in [1.54, 1.807) is 0 Å². The molecule has 3 atom stereocenters. The summed E-state index contributed by atoms with van der Waals surface area (Å²) in [5.74, 6) is 0. The number of anilines is 2. The lowest BCUT2D eigenvalue weighted by Crippen LogP contribution is -2.55. The predicted molar refractivity (Wildman–Crippen MR) is 139 cm³/mol. The predicted octanol–water partition coefficient (Wildman–Crippen LogP) is 5.80. The normalized spacial score (nSPS) is 22.2. The van der Waals surface area contributed by atoms with Crippen molar-refractivity contribution in [2.45, 2.75) is 65.6 Å². The maximum atomic E-state index is 13.1. The van der Waals surface area contributed by atoms with Gasteiger partial charge in [0.2, 0.25) is 10.0 Å². The number of nitrogens with one attached hydrogen (secondary N) is 1. The Morgan fingerprint density at radius 3 is 2.00 bits per heavy atom. The lowest BCUT2D eigenvalue weighted by Gasteiger charge is -2.43. The number of aliphatic hydroxyl groups is 1. The van der Waals surface area contributed by atoms with E-state index in [0.29, 0.717) is 19.3 Å². The quantitative estimate of drug-likeness (QED) is 0.395. The molecule has 37 heavy (non-hydrogen) atoms. The highest BCUT2D eigenvalue weighted by molar-refractivity contribution is 8.00. The second-order valence-electron chi connectivity index (χ2n) is 9.36. The molecule has 0 aromatic heterocycles. The Morgan fingerprint density at radius 1 is 0.865 bits per heavy atom. The van der Waals surface area contributed by atoms with Gasteiger partial charge in [0.05, 0.1) is 23.1 Å². The number of alkyl halides is 3. The third-order valence-corrected chi connectivity index (χ3v) is 9.24. The molecule has 5 rings (SSSR count). The highest BCUT2D eigenvalue weighted by Gasteiger charge is 2.40. The molecular formula is C27H27F3N2O3S2. The largest absolute Gasteiger partial charge is 0.446 e. The molecule has 1 fully saturated rings. The number of halogens is 3. The summed E-state index contributed by atoms with van der Waals surface area (Å²) in [4.78, 5) is 1.92. The first-order valence-electron chi connectivity index (χ1n) is 12.1. The van der Waals surface area contributed by atoms with E-state index in [0.717, 1.165) is 48.5 Å². The van der Waals surface area contributed by atoms with Crippen molar-refractivity contribution in [3.8, 4) is 0 Å². The molecule has 1 aliphatic heterocycles. The van der Waals surface area contributed by atoms with Crippen LogP contribution in [-0.2, 0) is 22.9 Å². The minimum atomic E-state index is -4.45. The molecule has 3 aromatic rings. The van der Waals surface area contributed by atoms with E-state index in [1.165, 1.54) is 11.1 Å². The van der Waals surface area contributed by atoms with Crippen LogP contribution in [0.4, 0.5) is 24.5 Å². The fraction of sp³-hybridized carbons (Fsp3) is 0.333. The molecule has 2 N–H and O–H groups in total. The maximum absolute atomic E-state index is 13.1. The zero-order valence-electron chi connectivity index (χ0n) is 19.9. The van der Waals surface area contributed by atoms with Gasteiger partial charge in [-0.3, -0.25) is 0 Å². The smallest absolute Gasteiger partial charge is 0.389 e. The van der Waals surface area contributed by atoms with Crippen LogP contribution >= 0.6 is 11.8 Å². The Kier molecular flexibility index (Phi) is 7.28. The van der Waals surface area contributed by atoms with E-state index in [-0.39, 0.29) is 27.6 Å². The molecule has 0 amide bonds. The molecule has 0 spiro atoms. The minimum absolute atomic E-state index is 0.0947. The van der Waals surface area contributed by atoms with Crippen LogP contribution in [0.2, 0.25) is 0 Å². The van der Waals surface area contributed by atoms with Gasteiger partial charge in [0.25, 0.3) is 0 Å². The van der Waals surface area contributed by atoms with Crippen LogP contribution in [0.5, 0.6) is 0 Å². The number of thioether (sulfide) groups is 1. The number of rotatable bonds is 5. The maximum Gasteiger partial charge on any atom is 0.446 e. The van der Waals surface area contributed by atoms with E-state index >= 15 is 0 Å². The first-order valence-corrected chi connectivity index (χ1v) is 14.4. The summed E-state index contributed by atoms with van der Waals surface area (Å²) < 4.78 is 66.7. The van der Waals surface area contributed by atoms with Gasteiger partial charge in [0, 0.05) is 16.3 Å². The van der Waals surface area contributed by atoms with Crippen LogP contribution in [0.25, 0.3) is 0 Å². The third-order valence-electron chi connectivity index (χ3n) is 6.99. The summed E-state index contributed by atoms with van der Waals surface area (Å²) in [6, 6.07) is 19.7. The molecule has 2 aliphatic rings. The minimum Gasteiger partial charge on any atom is -0.389 e. The molecule has 0 bridgehead atoms. The van der Waals surface area contributed by atoms with E-state index in [9.17, 15) is 26.7 Å². The van der Waals surface area contributed by atoms with Gasteiger partial charge < -0.3 is 10.0 Å². The molecule has 5 nitrogen and oxygen atoms in total. The molecule has 1 heterocycles. The Balaban J connectivity index is 1.41. The van der Waals surface area contributed by atoms with E-state index in [2.05, 4.69) is 21.8 Å². The standard InChI is InChI=1S/C27H27F3N2O3S2/c28-27(29,30)36-20-14-16-21(17-15-20)37(34,35)31-22-8-5-11-25(26(22)33)32-23-9-3-1-6-18(23)12-13-19-7-2-4-10-24(19)32/h1-4,6-7,9-10,14-17,22,25-26,31,33H,5,8,11-13H2. The second-order valence-corrected chi connectivity index (χ2v) is 12.2. The number of sulfonamides is 1. The molecule has 196 valence electrons. The van der Waals surface area contributed by atoms with Crippen molar-refractivity contribution >= 4 is 33.2 Å². The van der Waals surface area contributed by atoms with Crippen LogP contribution in [0.3, 0.4) is 0 Å². The van der Waals surface area contributed by atoms with Gasteiger partial charge in [-0.25, -0.2) is 13.1 Å². The molecule has 3 aromatic carbocycles. The van der Waals surface area contributed by atoms with Crippen LogP contribution in [0.15, 0.2) is 82.6 Å². The summed E-state index contributed by atoms with van der Waals surface area (Å²) in [6.07, 6.45) is 2.58. The lowest BCUT2D eigenvalue weighted by molar-refractivity contribution is -0.0328. The van der Waals surface area contributed by atoms with E-state index < -0.39 is 27.7 Å². The average Bonchev–Trinajstić information content (AvgIpc) is 3.02. The highest BCUT2D eigenvalue weighted by atomic mass is 32.2. The second kappa shape index (κ2) is 10.3. The number of nitrogens with zero attached hydrogens (tertiary/aromatic N) is 1. The molecule has 0 radical (unpaired) electrons. The Morgan fingerprint density at radius 2 is 1.43 bits per heavy atom. The lowest BCUT2D eigenvalue weighted by atomic mass is 9.86. The number of fused-ring (bicyclic) bond motifs is 2. The van der Waals surface area contributed by atoms with Gasteiger partial charge in [-0.2, -0.15) is 13.2 Å². The molecule has 1 saturated carbocycles. The van der Waals surface area contributed by atoms with E-state index in [1.807, 2.05) is 36.4 Å². The monoisotopic (exact) mass is 548 g/mol. The third kappa shape index (κ3) is 5.67. The first-order chi connectivity index (χ1) is 17.6. The van der Waals surface area contributed by atoms with Crippen LogP contribution < -0.4 is 9.62 Å². The van der Waals surface area contributed by atoms with Crippen LogP contribution in [0.1, 0.15) is 30.4 Å². The zero-order valence-corrected chi connectivity index (χ0v) is 21.5. The molecule has 1 aliphatic carbocycles.